The predicted octanol–water partition coefficient (Wildman–Crippen LogP) is 0.351. The van der Waals surface area contributed by atoms with Crippen molar-refractivity contribution in [1.29, 1.82) is 0 Å². The number of benzene rings is 1. The lowest BCUT2D eigenvalue weighted by molar-refractivity contribution is 0.0953. The number of nitrogens with one attached hydrogen (secondary N) is 2. The Kier molecular flexibility index (Phi) is 4.43. The zero-order valence-electron chi connectivity index (χ0n) is 11.2. The minimum atomic E-state index is -0.934. The van der Waals surface area contributed by atoms with Crippen LogP contribution in [0, 0.1) is 11.6 Å². The summed E-state index contributed by atoms with van der Waals surface area (Å²) in [5.74, 6) is 3.22. The molecule has 0 aliphatic heterocycles. The molecule has 112 valence electrons. The van der Waals surface area contributed by atoms with E-state index in [0.29, 0.717) is 12.2 Å². The fraction of sp³-hybridized carbons (Fsp3) is 0.250. The zero-order valence-corrected chi connectivity index (χ0v) is 11.2. The van der Waals surface area contributed by atoms with Gasteiger partial charge in [-0.05, 0) is 12.1 Å². The molecule has 0 saturated heterocycles. The van der Waals surface area contributed by atoms with Gasteiger partial charge in [0.2, 0.25) is 0 Å². The van der Waals surface area contributed by atoms with Crippen molar-refractivity contribution in [2.45, 2.75) is 6.42 Å². The highest BCUT2D eigenvalue weighted by molar-refractivity contribution is 5.94. The van der Waals surface area contributed by atoms with Gasteiger partial charge in [0.15, 0.2) is 11.6 Å². The Labute approximate surface area is 119 Å². The number of hydrogen-bond donors (Lipinski definition) is 3. The van der Waals surface area contributed by atoms with Crippen molar-refractivity contribution in [2.24, 2.45) is 12.9 Å². The van der Waals surface area contributed by atoms with Crippen molar-refractivity contribution >= 4 is 11.6 Å². The first-order valence-corrected chi connectivity index (χ1v) is 6.09. The van der Waals surface area contributed by atoms with E-state index < -0.39 is 23.2 Å². The predicted molar refractivity (Wildman–Crippen MR) is 71.2 cm³/mol. The molecule has 9 heteroatoms. The average molecular weight is 296 g/mol. The van der Waals surface area contributed by atoms with E-state index in [4.69, 9.17) is 5.84 Å². The number of amides is 1. The van der Waals surface area contributed by atoms with E-state index in [0.717, 1.165) is 12.1 Å². The summed E-state index contributed by atoms with van der Waals surface area (Å²) < 4.78 is 28.7. The third-order valence-electron chi connectivity index (χ3n) is 2.89. The molecule has 4 N–H and O–H groups in total. The molecule has 0 aliphatic carbocycles. The van der Waals surface area contributed by atoms with Crippen LogP contribution in [0.3, 0.4) is 0 Å². The Morgan fingerprint density at radius 3 is 2.57 bits per heavy atom. The van der Waals surface area contributed by atoms with Gasteiger partial charge in [-0.25, -0.2) is 8.78 Å². The molecule has 1 aromatic carbocycles. The Bertz CT molecular complexity index is 634. The van der Waals surface area contributed by atoms with Gasteiger partial charge in [-0.1, -0.05) is 0 Å². The van der Waals surface area contributed by atoms with E-state index in [1.807, 2.05) is 5.43 Å². The normalized spacial score (nSPS) is 10.5. The summed E-state index contributed by atoms with van der Waals surface area (Å²) in [7, 11) is 1.78. The fourth-order valence-electron chi connectivity index (χ4n) is 1.77. The molecule has 1 amide bonds. The van der Waals surface area contributed by atoms with Gasteiger partial charge in [0.1, 0.15) is 17.8 Å². The van der Waals surface area contributed by atoms with E-state index in [9.17, 15) is 13.6 Å². The third kappa shape index (κ3) is 3.31. The standard InChI is InChI=1S/C12H14F2N6O/c1-20-6-17-19-10(20)2-3-16-12(21)7-4-8(13)11(18-15)9(14)5-7/h4-6,18H,2-3,15H2,1H3,(H,16,21). The van der Waals surface area contributed by atoms with Gasteiger partial charge < -0.3 is 15.3 Å². The minimum Gasteiger partial charge on any atom is -0.352 e. The molecule has 0 fully saturated rings. The summed E-state index contributed by atoms with van der Waals surface area (Å²) >= 11 is 0. The highest BCUT2D eigenvalue weighted by Crippen LogP contribution is 2.19. The largest absolute Gasteiger partial charge is 0.352 e. The van der Waals surface area contributed by atoms with Crippen LogP contribution < -0.4 is 16.6 Å². The summed E-state index contributed by atoms with van der Waals surface area (Å²) in [6.07, 6.45) is 2.00. The fourth-order valence-corrected chi connectivity index (χ4v) is 1.77. The summed E-state index contributed by atoms with van der Waals surface area (Å²) in [5.41, 5.74) is 1.29. The zero-order chi connectivity index (χ0) is 15.4. The molecule has 2 aromatic rings. The van der Waals surface area contributed by atoms with Crippen molar-refractivity contribution < 1.29 is 13.6 Å². The van der Waals surface area contributed by atoms with Crippen LogP contribution >= 0.6 is 0 Å². The van der Waals surface area contributed by atoms with Crippen LogP contribution in [-0.4, -0.2) is 27.2 Å². The lowest BCUT2D eigenvalue weighted by Crippen LogP contribution is -2.27. The minimum absolute atomic E-state index is 0.123. The third-order valence-corrected chi connectivity index (χ3v) is 2.89. The second-order valence-corrected chi connectivity index (χ2v) is 4.32. The molecular formula is C12H14F2N6O. The molecule has 2 rings (SSSR count). The molecule has 0 bridgehead atoms. The lowest BCUT2D eigenvalue weighted by atomic mass is 10.1. The summed E-state index contributed by atoms with van der Waals surface area (Å²) in [5, 5.41) is 10.1. The second-order valence-electron chi connectivity index (χ2n) is 4.32. The molecule has 21 heavy (non-hydrogen) atoms. The maximum absolute atomic E-state index is 13.5. The number of hydrazine groups is 1. The number of rotatable bonds is 5. The molecule has 0 aliphatic rings. The molecular weight excluding hydrogens is 282 g/mol. The van der Waals surface area contributed by atoms with Gasteiger partial charge in [-0.3, -0.25) is 10.6 Å². The molecule has 0 saturated carbocycles. The number of nitrogens with two attached hydrogens (primary N) is 1. The number of aromatic nitrogens is 3. The lowest BCUT2D eigenvalue weighted by Gasteiger charge is -2.08. The number of hydrogen-bond acceptors (Lipinski definition) is 5. The van der Waals surface area contributed by atoms with Crippen LogP contribution in [0.4, 0.5) is 14.5 Å². The first-order valence-electron chi connectivity index (χ1n) is 6.09. The molecule has 0 spiro atoms. The van der Waals surface area contributed by atoms with Gasteiger partial charge >= 0.3 is 0 Å². The number of carbonyl (C=O) groups is 1. The van der Waals surface area contributed by atoms with Crippen LogP contribution in [-0.2, 0) is 13.5 Å². The Morgan fingerprint density at radius 2 is 2.05 bits per heavy atom. The smallest absolute Gasteiger partial charge is 0.251 e. The van der Waals surface area contributed by atoms with Crippen LogP contribution in [0.25, 0.3) is 0 Å². The van der Waals surface area contributed by atoms with Gasteiger partial charge in [0, 0.05) is 25.6 Å². The van der Waals surface area contributed by atoms with Gasteiger partial charge in [-0.15, -0.1) is 10.2 Å². The van der Waals surface area contributed by atoms with Crippen LogP contribution in [0.2, 0.25) is 0 Å². The maximum Gasteiger partial charge on any atom is 0.251 e. The van der Waals surface area contributed by atoms with Crippen molar-refractivity contribution in [2.75, 3.05) is 12.0 Å². The molecule has 0 atom stereocenters. The summed E-state index contributed by atoms with van der Waals surface area (Å²) in [4.78, 5) is 11.8. The van der Waals surface area contributed by atoms with Crippen molar-refractivity contribution in [3.63, 3.8) is 0 Å². The Morgan fingerprint density at radius 1 is 1.38 bits per heavy atom. The molecule has 1 heterocycles. The van der Waals surface area contributed by atoms with Crippen molar-refractivity contribution in [1.82, 2.24) is 20.1 Å². The SMILES string of the molecule is Cn1cnnc1CCNC(=O)c1cc(F)c(NN)c(F)c1. The quantitative estimate of drug-likeness (QED) is 0.546. The number of aryl methyl sites for hydroxylation is 1. The van der Waals surface area contributed by atoms with Crippen LogP contribution in [0.5, 0.6) is 0 Å². The Balaban J connectivity index is 1.99. The van der Waals surface area contributed by atoms with Gasteiger partial charge in [-0.2, -0.15) is 0 Å². The van der Waals surface area contributed by atoms with E-state index >= 15 is 0 Å². The second kappa shape index (κ2) is 6.27. The van der Waals surface area contributed by atoms with Crippen LogP contribution in [0.1, 0.15) is 16.2 Å². The maximum atomic E-state index is 13.5. The average Bonchev–Trinajstić information content (AvgIpc) is 2.84. The first-order chi connectivity index (χ1) is 10.0. The van der Waals surface area contributed by atoms with Gasteiger partial charge in [0.25, 0.3) is 5.91 Å². The topological polar surface area (TPSA) is 97.9 Å². The first kappa shape index (κ1) is 14.9. The van der Waals surface area contributed by atoms with E-state index in [1.54, 1.807) is 17.9 Å². The van der Waals surface area contributed by atoms with E-state index in [2.05, 4.69) is 15.5 Å². The van der Waals surface area contributed by atoms with Crippen LogP contribution in [0.15, 0.2) is 18.5 Å². The molecule has 7 nitrogen and oxygen atoms in total. The molecule has 0 radical (unpaired) electrons. The number of halogens is 2. The van der Waals surface area contributed by atoms with Crippen molar-refractivity contribution in [3.8, 4) is 0 Å². The number of anilines is 1. The highest BCUT2D eigenvalue weighted by Gasteiger charge is 2.14. The number of nitrogens with zero attached hydrogens (tertiary/aromatic N) is 3. The van der Waals surface area contributed by atoms with E-state index in [1.165, 1.54) is 0 Å². The summed E-state index contributed by atoms with van der Waals surface area (Å²) in [6.45, 7) is 0.269. The highest BCUT2D eigenvalue weighted by atomic mass is 19.1. The number of carbonyl (C=O) groups excluding carboxylic acids is 1. The monoisotopic (exact) mass is 296 g/mol. The molecule has 1 aromatic heterocycles. The summed E-state index contributed by atoms with van der Waals surface area (Å²) in [6, 6.07) is 1.83. The number of nitrogen functional groups attached to an aromatic ring is 1. The van der Waals surface area contributed by atoms with Crippen molar-refractivity contribution in [3.05, 3.63) is 41.5 Å². The Hall–Kier alpha value is -2.55. The van der Waals surface area contributed by atoms with Gasteiger partial charge in [0.05, 0.1) is 0 Å². The molecule has 0 unspecified atom stereocenters. The van der Waals surface area contributed by atoms with E-state index in [-0.39, 0.29) is 12.1 Å².